The van der Waals surface area contributed by atoms with Gasteiger partial charge in [-0.1, -0.05) is 12.1 Å². The van der Waals surface area contributed by atoms with Gasteiger partial charge in [-0.05, 0) is 53.6 Å². The Morgan fingerprint density at radius 2 is 1.84 bits per heavy atom. The fourth-order valence-electron chi connectivity index (χ4n) is 4.04. The molecule has 3 aromatic carbocycles. The molecule has 2 heterocycles. The molecule has 0 fully saturated rings. The number of aromatic amines is 2. The van der Waals surface area contributed by atoms with Gasteiger partial charge in [0.05, 0.1) is 27.7 Å². The van der Waals surface area contributed by atoms with E-state index < -0.39 is 29.2 Å². The third kappa shape index (κ3) is 4.48. The molecule has 0 aliphatic heterocycles. The van der Waals surface area contributed by atoms with E-state index in [1.54, 1.807) is 24.3 Å². The molecule has 12 heteroatoms. The lowest BCUT2D eigenvalue weighted by Gasteiger charge is -2.11. The van der Waals surface area contributed by atoms with Crippen LogP contribution in [0.5, 0.6) is 0 Å². The molecule has 5 rings (SSSR count). The van der Waals surface area contributed by atoms with Crippen LogP contribution in [-0.2, 0) is 12.6 Å². The maximum Gasteiger partial charge on any atom is 0.416 e. The maximum absolute atomic E-state index is 14.8. The van der Waals surface area contributed by atoms with Crippen molar-refractivity contribution in [3.05, 3.63) is 87.6 Å². The number of nitrogens with zero attached hydrogens (tertiary/aromatic N) is 3. The highest BCUT2D eigenvalue weighted by atomic mass is 19.4. The van der Waals surface area contributed by atoms with Crippen LogP contribution in [-0.4, -0.2) is 38.4 Å². The molecule has 2 aromatic heterocycles. The summed E-state index contributed by atoms with van der Waals surface area (Å²) in [4.78, 5) is 31.3. The average Bonchev–Trinajstić information content (AvgIpc) is 3.29. The van der Waals surface area contributed by atoms with Crippen LogP contribution in [0.2, 0.25) is 0 Å². The highest BCUT2D eigenvalue weighted by Gasteiger charge is 2.31. The number of fused-ring (bicyclic) bond motifs is 2. The van der Waals surface area contributed by atoms with Gasteiger partial charge in [-0.15, -0.1) is 0 Å². The summed E-state index contributed by atoms with van der Waals surface area (Å²) in [5.41, 5.74) is 0.847. The Hall–Kier alpha value is -4.74. The Bertz CT molecular complexity index is 1740. The molecule has 188 valence electrons. The highest BCUT2D eigenvalue weighted by Crippen LogP contribution is 2.32. The number of aromatic nitrogens is 4. The van der Waals surface area contributed by atoms with Gasteiger partial charge in [0, 0.05) is 24.4 Å². The molecule has 0 atom stereocenters. The number of rotatable bonds is 4. The third-order valence-electron chi connectivity index (χ3n) is 5.98. The van der Waals surface area contributed by atoms with Crippen molar-refractivity contribution in [2.24, 2.45) is 0 Å². The summed E-state index contributed by atoms with van der Waals surface area (Å²) < 4.78 is 54.6. The van der Waals surface area contributed by atoms with Crippen molar-refractivity contribution in [3.63, 3.8) is 0 Å². The van der Waals surface area contributed by atoms with Crippen molar-refractivity contribution in [3.8, 4) is 11.1 Å². The van der Waals surface area contributed by atoms with Gasteiger partial charge in [0.25, 0.3) is 5.56 Å². The lowest BCUT2D eigenvalue weighted by atomic mass is 9.98. The number of halogens is 4. The molecule has 37 heavy (non-hydrogen) atoms. The number of anilines is 1. The first-order valence-electron chi connectivity index (χ1n) is 10.8. The average molecular weight is 511 g/mol. The van der Waals surface area contributed by atoms with Gasteiger partial charge in [0.15, 0.2) is 0 Å². The second-order valence-corrected chi connectivity index (χ2v) is 8.38. The second-order valence-electron chi connectivity index (χ2n) is 8.38. The molecule has 0 unspecified atom stereocenters. The molecule has 0 saturated carbocycles. The van der Waals surface area contributed by atoms with Gasteiger partial charge in [0.1, 0.15) is 5.82 Å². The quantitative estimate of drug-likeness (QED) is 0.282. The fourth-order valence-corrected chi connectivity index (χ4v) is 4.04. The Morgan fingerprint density at radius 3 is 2.57 bits per heavy atom. The number of hydrogen-bond acceptors (Lipinski definition) is 4. The zero-order valence-corrected chi connectivity index (χ0v) is 19.0. The van der Waals surface area contributed by atoms with E-state index in [4.69, 9.17) is 5.11 Å². The van der Waals surface area contributed by atoms with Crippen molar-refractivity contribution in [2.45, 2.75) is 12.6 Å². The molecular weight excluding hydrogens is 494 g/mol. The van der Waals surface area contributed by atoms with Crippen molar-refractivity contribution in [2.75, 3.05) is 11.9 Å². The summed E-state index contributed by atoms with van der Waals surface area (Å²) in [6, 6.07) is 11.9. The van der Waals surface area contributed by atoms with Gasteiger partial charge in [-0.2, -0.15) is 18.3 Å². The van der Waals surface area contributed by atoms with E-state index in [1.807, 2.05) is 0 Å². The normalized spacial score (nSPS) is 11.8. The van der Waals surface area contributed by atoms with Crippen molar-refractivity contribution in [1.29, 1.82) is 0 Å². The van der Waals surface area contributed by atoms with E-state index in [1.165, 1.54) is 19.2 Å². The fraction of sp³-hybridized carbons (Fsp3) is 0.120. The molecule has 3 N–H and O–H groups in total. The minimum Gasteiger partial charge on any atom is -0.465 e. The first kappa shape index (κ1) is 24.0. The minimum absolute atomic E-state index is 0.0279. The van der Waals surface area contributed by atoms with E-state index in [9.17, 15) is 27.2 Å². The standard InChI is InChI=1S/C25H17F4N5O3/c1-34(24(36)37)23-30-19-7-3-13(10-21(19)31-23)16-8-12(2-6-18(16)26)9-20-17-11-14(25(27,28)29)4-5-15(17)22(35)33-32-20/h2-8,10-11H,9H2,1H3,(H,30,31)(H,33,35)(H,36,37). The van der Waals surface area contributed by atoms with Crippen LogP contribution in [0, 0.1) is 5.82 Å². The van der Waals surface area contributed by atoms with Crippen LogP contribution >= 0.6 is 0 Å². The summed E-state index contributed by atoms with van der Waals surface area (Å²) in [5, 5.41) is 15.5. The van der Waals surface area contributed by atoms with E-state index in [-0.39, 0.29) is 34.4 Å². The summed E-state index contributed by atoms with van der Waals surface area (Å²) in [6.45, 7) is 0. The Kier molecular flexibility index (Phi) is 5.66. The number of carboxylic acid groups (broad SMARTS) is 1. The summed E-state index contributed by atoms with van der Waals surface area (Å²) in [5.74, 6) is -0.441. The number of nitrogens with one attached hydrogen (secondary N) is 2. The molecule has 0 aliphatic carbocycles. The van der Waals surface area contributed by atoms with Crippen molar-refractivity contribution < 1.29 is 27.5 Å². The molecule has 0 radical (unpaired) electrons. The maximum atomic E-state index is 14.8. The Labute approximate surface area is 205 Å². The van der Waals surface area contributed by atoms with Crippen LogP contribution in [0.15, 0.2) is 59.4 Å². The summed E-state index contributed by atoms with van der Waals surface area (Å²) in [7, 11) is 1.33. The molecule has 8 nitrogen and oxygen atoms in total. The second kappa shape index (κ2) is 8.73. The van der Waals surface area contributed by atoms with Gasteiger partial charge < -0.3 is 10.1 Å². The zero-order valence-electron chi connectivity index (χ0n) is 19.0. The van der Waals surface area contributed by atoms with Gasteiger partial charge >= 0.3 is 12.3 Å². The molecule has 0 aliphatic rings. The van der Waals surface area contributed by atoms with Crippen LogP contribution in [0.25, 0.3) is 32.9 Å². The number of H-pyrrole nitrogens is 2. The topological polar surface area (TPSA) is 115 Å². The van der Waals surface area contributed by atoms with Gasteiger partial charge in [-0.3, -0.25) is 9.69 Å². The molecule has 0 saturated heterocycles. The molecule has 1 amide bonds. The van der Waals surface area contributed by atoms with Gasteiger partial charge in [-0.25, -0.2) is 19.3 Å². The monoisotopic (exact) mass is 511 g/mol. The van der Waals surface area contributed by atoms with E-state index in [0.717, 1.165) is 23.1 Å². The third-order valence-corrected chi connectivity index (χ3v) is 5.98. The number of benzene rings is 3. The van der Waals surface area contributed by atoms with Crippen LogP contribution in [0.4, 0.5) is 28.3 Å². The number of amides is 1. The number of hydrogen-bond donors (Lipinski definition) is 3. The predicted octanol–water partition coefficient (Wildman–Crippen LogP) is 5.33. The summed E-state index contributed by atoms with van der Waals surface area (Å²) in [6.07, 6.45) is -5.77. The van der Waals surface area contributed by atoms with E-state index in [2.05, 4.69) is 20.2 Å². The summed E-state index contributed by atoms with van der Waals surface area (Å²) >= 11 is 0. The van der Waals surface area contributed by atoms with Crippen LogP contribution in [0.1, 0.15) is 16.8 Å². The first-order chi connectivity index (χ1) is 17.5. The zero-order chi connectivity index (χ0) is 26.5. The van der Waals surface area contributed by atoms with Crippen molar-refractivity contribution >= 4 is 33.8 Å². The highest BCUT2D eigenvalue weighted by molar-refractivity contribution is 5.89. The van der Waals surface area contributed by atoms with Crippen LogP contribution < -0.4 is 10.5 Å². The smallest absolute Gasteiger partial charge is 0.416 e. The van der Waals surface area contributed by atoms with E-state index >= 15 is 0 Å². The molecular formula is C25H17F4N5O3. The van der Waals surface area contributed by atoms with Gasteiger partial charge in [0.2, 0.25) is 5.95 Å². The Morgan fingerprint density at radius 1 is 1.05 bits per heavy atom. The largest absolute Gasteiger partial charge is 0.465 e. The number of imidazole rings is 1. The molecule has 0 bridgehead atoms. The predicted molar refractivity (Wildman–Crippen MR) is 128 cm³/mol. The van der Waals surface area contributed by atoms with Crippen molar-refractivity contribution in [1.82, 2.24) is 20.2 Å². The lowest BCUT2D eigenvalue weighted by Crippen LogP contribution is -2.24. The molecule has 0 spiro atoms. The van der Waals surface area contributed by atoms with E-state index in [0.29, 0.717) is 22.2 Å². The minimum atomic E-state index is -4.60. The number of carbonyl (C=O) groups is 1. The SMILES string of the molecule is CN(C(=O)O)c1nc2cc(-c3cc(Cc4n[nH]c(=O)c5ccc(C(F)(F)F)cc45)ccc3F)ccc2[nH]1. The first-order valence-corrected chi connectivity index (χ1v) is 10.8. The Balaban J connectivity index is 1.54. The lowest BCUT2D eigenvalue weighted by molar-refractivity contribution is -0.137. The van der Waals surface area contributed by atoms with Crippen LogP contribution in [0.3, 0.4) is 0 Å². The molecule has 5 aromatic rings. The number of alkyl halides is 3.